The Balaban J connectivity index is 2.80. The molecule has 2 aromatic rings. The fraction of sp³-hybridized carbons (Fsp3) is 0.429. The van der Waals surface area contributed by atoms with E-state index in [2.05, 4.69) is 0 Å². The lowest BCUT2D eigenvalue weighted by molar-refractivity contribution is -0.156. The van der Waals surface area contributed by atoms with E-state index in [1.54, 1.807) is 0 Å². The molecule has 2 aromatic carbocycles. The maximum atomic E-state index is 13.9. The summed E-state index contributed by atoms with van der Waals surface area (Å²) >= 11 is 0. The van der Waals surface area contributed by atoms with Crippen molar-refractivity contribution >= 4 is 23.5 Å². The number of esters is 2. The first kappa shape index (κ1) is 31.7. The van der Waals surface area contributed by atoms with Gasteiger partial charge in [0.15, 0.2) is 34.6 Å². The molecule has 218 valence electrons. The minimum atomic E-state index is -1.92. The molecule has 0 fully saturated rings. The van der Waals surface area contributed by atoms with Crippen LogP contribution >= 0.6 is 0 Å². The van der Waals surface area contributed by atoms with Crippen molar-refractivity contribution in [1.29, 1.82) is 0 Å². The van der Waals surface area contributed by atoms with Crippen molar-refractivity contribution in [3.8, 4) is 34.5 Å². The Kier molecular flexibility index (Phi) is 11.6. The third-order valence-corrected chi connectivity index (χ3v) is 5.88. The van der Waals surface area contributed by atoms with Gasteiger partial charge in [0.05, 0.1) is 55.9 Å². The number of carbonyl (C=O) groups excluding carboxylic acids is 4. The van der Waals surface area contributed by atoms with Crippen LogP contribution in [0.3, 0.4) is 0 Å². The first-order chi connectivity index (χ1) is 19.2. The third kappa shape index (κ3) is 6.56. The molecule has 0 aliphatic carbocycles. The SMILES string of the molecule is CCOC(=O)[C@H](C(=O)c1cc(OC)c(OC)c(OC)c1)[C@@H](C(=O)OCC)C(=O)c1cc(OC)c(OC)c(OC)c1. The molecule has 0 unspecified atom stereocenters. The fourth-order valence-electron chi connectivity index (χ4n) is 4.06. The second-order valence-corrected chi connectivity index (χ2v) is 8.02. The topological polar surface area (TPSA) is 142 Å². The van der Waals surface area contributed by atoms with Gasteiger partial charge >= 0.3 is 11.9 Å². The molecule has 12 heteroatoms. The van der Waals surface area contributed by atoms with Crippen LogP contribution in [0.1, 0.15) is 34.6 Å². The van der Waals surface area contributed by atoms with Gasteiger partial charge in [-0.1, -0.05) is 0 Å². The van der Waals surface area contributed by atoms with E-state index in [4.69, 9.17) is 37.9 Å². The van der Waals surface area contributed by atoms with Crippen LogP contribution in [0, 0.1) is 11.8 Å². The number of Topliss-reactive ketones (excluding diaryl/α,β-unsaturated/α-hetero) is 2. The van der Waals surface area contributed by atoms with Gasteiger partial charge < -0.3 is 37.9 Å². The minimum Gasteiger partial charge on any atom is -0.493 e. The molecule has 0 amide bonds. The van der Waals surface area contributed by atoms with Gasteiger partial charge in [-0.15, -0.1) is 0 Å². The molecule has 40 heavy (non-hydrogen) atoms. The maximum absolute atomic E-state index is 13.9. The predicted octanol–water partition coefficient (Wildman–Crippen LogP) is 3.16. The molecule has 0 aliphatic heterocycles. The quantitative estimate of drug-likeness (QED) is 0.179. The minimum absolute atomic E-state index is 0.0976. The van der Waals surface area contributed by atoms with Gasteiger partial charge in [0.2, 0.25) is 11.5 Å². The number of rotatable bonds is 15. The van der Waals surface area contributed by atoms with Gasteiger partial charge in [0.25, 0.3) is 0 Å². The van der Waals surface area contributed by atoms with Gasteiger partial charge in [-0.25, -0.2) is 0 Å². The van der Waals surface area contributed by atoms with Crippen LogP contribution < -0.4 is 28.4 Å². The Hall–Kier alpha value is -4.48. The lowest BCUT2D eigenvalue weighted by atomic mass is 9.80. The summed E-state index contributed by atoms with van der Waals surface area (Å²) in [6.07, 6.45) is 0. The zero-order valence-electron chi connectivity index (χ0n) is 23.8. The monoisotopic (exact) mass is 562 g/mol. The number of ether oxygens (including phenoxy) is 8. The predicted molar refractivity (Wildman–Crippen MR) is 141 cm³/mol. The number of ketones is 2. The fourth-order valence-corrected chi connectivity index (χ4v) is 4.06. The zero-order valence-corrected chi connectivity index (χ0v) is 23.8. The highest BCUT2D eigenvalue weighted by molar-refractivity contribution is 6.19. The van der Waals surface area contributed by atoms with Crippen LogP contribution in [0.4, 0.5) is 0 Å². The van der Waals surface area contributed by atoms with Gasteiger partial charge in [-0.05, 0) is 38.1 Å². The standard InChI is InChI=1S/C28H34O12/c1-9-39-27(31)21(23(29)15-11-17(33-3)25(37-7)18(12-15)34-4)22(28(32)40-10-2)24(30)16-13-19(35-5)26(38-8)20(14-16)36-6/h11-14,21-22H,9-10H2,1-8H3/t21-,22+. The first-order valence-electron chi connectivity index (χ1n) is 12.2. The second kappa shape index (κ2) is 14.6. The molecule has 2 atom stereocenters. The summed E-state index contributed by atoms with van der Waals surface area (Å²) in [6, 6.07) is 5.23. The smallest absolute Gasteiger partial charge is 0.318 e. The molecule has 0 aromatic heterocycles. The number of benzene rings is 2. The van der Waals surface area contributed by atoms with E-state index < -0.39 is 35.3 Å². The van der Waals surface area contributed by atoms with Crippen LogP contribution in [0.25, 0.3) is 0 Å². The van der Waals surface area contributed by atoms with Crippen molar-refractivity contribution in [3.05, 3.63) is 35.4 Å². The third-order valence-electron chi connectivity index (χ3n) is 5.88. The Morgan fingerprint density at radius 2 is 0.800 bits per heavy atom. The van der Waals surface area contributed by atoms with Gasteiger partial charge in [0, 0.05) is 11.1 Å². The molecule has 0 saturated heterocycles. The van der Waals surface area contributed by atoms with E-state index in [9.17, 15) is 19.2 Å². The summed E-state index contributed by atoms with van der Waals surface area (Å²) in [5.41, 5.74) is -0.195. The van der Waals surface area contributed by atoms with Crippen molar-refractivity contribution in [2.24, 2.45) is 11.8 Å². The number of hydrogen-bond donors (Lipinski definition) is 0. The Labute approximate surface area is 232 Å². The van der Waals surface area contributed by atoms with Crippen LogP contribution in [0.5, 0.6) is 34.5 Å². The van der Waals surface area contributed by atoms with Gasteiger partial charge in [0.1, 0.15) is 11.8 Å². The highest BCUT2D eigenvalue weighted by Crippen LogP contribution is 2.41. The molecule has 0 radical (unpaired) electrons. The zero-order chi connectivity index (χ0) is 30.0. The number of methoxy groups -OCH3 is 6. The highest BCUT2D eigenvalue weighted by Gasteiger charge is 2.47. The van der Waals surface area contributed by atoms with Crippen molar-refractivity contribution < 1.29 is 57.1 Å². The number of carbonyl (C=O) groups is 4. The summed E-state index contributed by atoms with van der Waals surface area (Å²) in [5, 5.41) is 0. The van der Waals surface area contributed by atoms with Crippen LogP contribution in [-0.2, 0) is 19.1 Å². The molecule has 0 N–H and O–H groups in total. The van der Waals surface area contributed by atoms with E-state index in [1.807, 2.05) is 0 Å². The molecule has 0 aliphatic rings. The summed E-state index contributed by atoms with van der Waals surface area (Å²) < 4.78 is 42.2. The first-order valence-corrected chi connectivity index (χ1v) is 12.2. The molecular weight excluding hydrogens is 528 g/mol. The van der Waals surface area contributed by atoms with Crippen LogP contribution in [-0.4, -0.2) is 79.4 Å². The normalized spacial score (nSPS) is 11.9. The Morgan fingerprint density at radius 3 is 1.00 bits per heavy atom. The molecule has 0 bridgehead atoms. The lowest BCUT2D eigenvalue weighted by Crippen LogP contribution is -2.42. The van der Waals surface area contributed by atoms with E-state index in [-0.39, 0.29) is 58.8 Å². The second-order valence-electron chi connectivity index (χ2n) is 8.02. The molecular formula is C28H34O12. The van der Waals surface area contributed by atoms with Gasteiger partial charge in [-0.2, -0.15) is 0 Å². The lowest BCUT2D eigenvalue weighted by Gasteiger charge is -2.24. The molecule has 0 spiro atoms. The summed E-state index contributed by atoms with van der Waals surface area (Å²) in [5.74, 6) is -6.97. The molecule has 12 nitrogen and oxygen atoms in total. The summed E-state index contributed by atoms with van der Waals surface area (Å²) in [7, 11) is 8.17. The average molecular weight is 563 g/mol. The van der Waals surface area contributed by atoms with E-state index in [1.165, 1.54) is 80.8 Å². The molecule has 0 saturated carbocycles. The van der Waals surface area contributed by atoms with Gasteiger partial charge in [-0.3, -0.25) is 19.2 Å². The van der Waals surface area contributed by atoms with E-state index >= 15 is 0 Å². The molecule has 0 heterocycles. The van der Waals surface area contributed by atoms with Crippen molar-refractivity contribution in [3.63, 3.8) is 0 Å². The highest BCUT2D eigenvalue weighted by atomic mass is 16.5. The average Bonchev–Trinajstić information content (AvgIpc) is 2.97. The van der Waals surface area contributed by atoms with Crippen molar-refractivity contribution in [1.82, 2.24) is 0 Å². The number of hydrogen-bond acceptors (Lipinski definition) is 12. The van der Waals surface area contributed by atoms with E-state index in [0.29, 0.717) is 0 Å². The van der Waals surface area contributed by atoms with Crippen LogP contribution in [0.2, 0.25) is 0 Å². The van der Waals surface area contributed by atoms with E-state index in [0.717, 1.165) is 0 Å². The summed E-state index contributed by atoms with van der Waals surface area (Å²) in [6.45, 7) is 2.82. The van der Waals surface area contributed by atoms with Crippen molar-refractivity contribution in [2.75, 3.05) is 55.9 Å². The summed E-state index contributed by atoms with van der Waals surface area (Å²) in [4.78, 5) is 54.4. The Bertz CT molecular complexity index is 1090. The largest absolute Gasteiger partial charge is 0.493 e. The molecule has 2 rings (SSSR count). The Morgan fingerprint density at radius 1 is 0.525 bits per heavy atom. The van der Waals surface area contributed by atoms with Crippen LogP contribution in [0.15, 0.2) is 24.3 Å². The maximum Gasteiger partial charge on any atom is 0.318 e. The van der Waals surface area contributed by atoms with Crippen molar-refractivity contribution in [2.45, 2.75) is 13.8 Å².